The fraction of sp³-hybridized carbons (Fsp3) is 0.889. The number of ether oxygens (including phenoxy) is 1. The van der Waals surface area contributed by atoms with Gasteiger partial charge in [-0.15, -0.1) is 0 Å². The summed E-state index contributed by atoms with van der Waals surface area (Å²) in [7, 11) is 1.86. The molecule has 2 heterocycles. The SMILES string of the molecule is CC1CN(C)C(=O)N(CC2CO2)C1. The summed E-state index contributed by atoms with van der Waals surface area (Å²) in [5, 5.41) is 0. The van der Waals surface area contributed by atoms with E-state index >= 15 is 0 Å². The number of hydrogen-bond acceptors (Lipinski definition) is 2. The first kappa shape index (κ1) is 8.81. The molecule has 74 valence electrons. The number of amides is 2. The molecule has 2 aliphatic rings. The van der Waals surface area contributed by atoms with E-state index < -0.39 is 0 Å². The minimum absolute atomic E-state index is 0.147. The average Bonchev–Trinajstić information content (AvgIpc) is 2.83. The topological polar surface area (TPSA) is 36.1 Å². The van der Waals surface area contributed by atoms with Gasteiger partial charge < -0.3 is 14.5 Å². The van der Waals surface area contributed by atoms with E-state index in [-0.39, 0.29) is 6.03 Å². The van der Waals surface area contributed by atoms with Crippen molar-refractivity contribution in [3.8, 4) is 0 Å². The Hall–Kier alpha value is -0.770. The lowest BCUT2D eigenvalue weighted by Crippen LogP contribution is -2.52. The third-order valence-corrected chi connectivity index (χ3v) is 2.54. The summed E-state index contributed by atoms with van der Waals surface area (Å²) < 4.78 is 5.12. The molecular formula is C9H16N2O2. The lowest BCUT2D eigenvalue weighted by molar-refractivity contribution is 0.115. The molecule has 2 amide bonds. The summed E-state index contributed by atoms with van der Waals surface area (Å²) in [5.41, 5.74) is 0. The zero-order valence-electron chi connectivity index (χ0n) is 8.19. The maximum Gasteiger partial charge on any atom is 0.319 e. The van der Waals surface area contributed by atoms with Crippen molar-refractivity contribution in [2.45, 2.75) is 13.0 Å². The summed E-state index contributed by atoms with van der Waals surface area (Å²) in [6, 6.07) is 0.147. The largest absolute Gasteiger partial charge is 0.371 e. The second kappa shape index (κ2) is 3.18. The molecule has 0 aromatic heterocycles. The molecule has 2 aliphatic heterocycles. The van der Waals surface area contributed by atoms with Gasteiger partial charge in [-0.05, 0) is 5.92 Å². The highest BCUT2D eigenvalue weighted by Crippen LogP contribution is 2.17. The Balaban J connectivity index is 1.94. The monoisotopic (exact) mass is 184 g/mol. The van der Waals surface area contributed by atoms with Crippen LogP contribution in [0.4, 0.5) is 4.79 Å². The molecule has 2 unspecified atom stereocenters. The summed E-state index contributed by atoms with van der Waals surface area (Å²) >= 11 is 0. The molecule has 0 bridgehead atoms. The number of nitrogens with zero attached hydrogens (tertiary/aromatic N) is 2. The minimum Gasteiger partial charge on any atom is -0.371 e. The van der Waals surface area contributed by atoms with Gasteiger partial charge in [0, 0.05) is 20.1 Å². The van der Waals surface area contributed by atoms with Crippen molar-refractivity contribution in [2.24, 2.45) is 5.92 Å². The molecule has 2 fully saturated rings. The normalized spacial score (nSPS) is 33.8. The van der Waals surface area contributed by atoms with Crippen LogP contribution >= 0.6 is 0 Å². The highest BCUT2D eigenvalue weighted by molar-refractivity contribution is 5.75. The van der Waals surface area contributed by atoms with Crippen LogP contribution in [0.5, 0.6) is 0 Å². The van der Waals surface area contributed by atoms with Gasteiger partial charge in [-0.3, -0.25) is 0 Å². The lowest BCUT2D eigenvalue weighted by Gasteiger charge is -2.36. The third-order valence-electron chi connectivity index (χ3n) is 2.54. The van der Waals surface area contributed by atoms with Gasteiger partial charge in [0.25, 0.3) is 0 Å². The van der Waals surface area contributed by atoms with Crippen molar-refractivity contribution in [2.75, 3.05) is 33.3 Å². The molecule has 0 saturated carbocycles. The average molecular weight is 184 g/mol. The number of epoxide rings is 1. The Kier molecular flexibility index (Phi) is 2.15. The number of urea groups is 1. The molecule has 2 atom stereocenters. The van der Waals surface area contributed by atoms with E-state index in [0.717, 1.165) is 26.2 Å². The fourth-order valence-corrected chi connectivity index (χ4v) is 1.87. The maximum absolute atomic E-state index is 11.6. The molecule has 0 aromatic rings. The Labute approximate surface area is 78.4 Å². The number of carbonyl (C=O) groups is 1. The highest BCUT2D eigenvalue weighted by atomic mass is 16.6. The predicted molar refractivity (Wildman–Crippen MR) is 48.5 cm³/mol. The van der Waals surface area contributed by atoms with Crippen molar-refractivity contribution in [1.29, 1.82) is 0 Å². The van der Waals surface area contributed by atoms with Crippen LogP contribution in [0.2, 0.25) is 0 Å². The first-order chi connectivity index (χ1) is 6.16. The number of rotatable bonds is 2. The smallest absolute Gasteiger partial charge is 0.319 e. The summed E-state index contributed by atoms with van der Waals surface area (Å²) in [5.74, 6) is 0.571. The zero-order valence-corrected chi connectivity index (χ0v) is 8.19. The standard InChI is InChI=1S/C9H16N2O2/c1-7-3-10(2)9(12)11(4-7)5-8-6-13-8/h7-8H,3-6H2,1-2H3. The van der Waals surface area contributed by atoms with E-state index in [2.05, 4.69) is 6.92 Å². The van der Waals surface area contributed by atoms with Crippen molar-refractivity contribution in [3.05, 3.63) is 0 Å². The van der Waals surface area contributed by atoms with Crippen LogP contribution in [0, 0.1) is 5.92 Å². The second-order valence-electron chi connectivity index (χ2n) is 4.13. The van der Waals surface area contributed by atoms with Crippen LogP contribution in [0.15, 0.2) is 0 Å². The van der Waals surface area contributed by atoms with E-state index in [4.69, 9.17) is 4.74 Å². The van der Waals surface area contributed by atoms with E-state index in [1.807, 2.05) is 11.9 Å². The van der Waals surface area contributed by atoms with Crippen LogP contribution < -0.4 is 0 Å². The van der Waals surface area contributed by atoms with E-state index in [1.54, 1.807) is 4.90 Å². The van der Waals surface area contributed by atoms with Gasteiger partial charge in [-0.2, -0.15) is 0 Å². The highest BCUT2D eigenvalue weighted by Gasteiger charge is 2.32. The van der Waals surface area contributed by atoms with Gasteiger partial charge in [0.05, 0.1) is 19.3 Å². The van der Waals surface area contributed by atoms with Crippen molar-refractivity contribution >= 4 is 6.03 Å². The predicted octanol–water partition coefficient (Wildman–Crippen LogP) is 0.389. The molecule has 0 aromatic carbocycles. The fourth-order valence-electron chi connectivity index (χ4n) is 1.87. The van der Waals surface area contributed by atoms with Crippen molar-refractivity contribution in [3.63, 3.8) is 0 Å². The van der Waals surface area contributed by atoms with Gasteiger partial charge >= 0.3 is 6.03 Å². The Morgan fingerprint density at radius 3 is 2.85 bits per heavy atom. The molecule has 13 heavy (non-hydrogen) atoms. The van der Waals surface area contributed by atoms with E-state index in [0.29, 0.717) is 12.0 Å². The van der Waals surface area contributed by atoms with Crippen LogP contribution in [0.1, 0.15) is 6.92 Å². The Morgan fingerprint density at radius 2 is 2.23 bits per heavy atom. The van der Waals surface area contributed by atoms with Crippen molar-refractivity contribution in [1.82, 2.24) is 9.80 Å². The molecule has 0 N–H and O–H groups in total. The minimum atomic E-state index is 0.147. The quantitative estimate of drug-likeness (QED) is 0.582. The third kappa shape index (κ3) is 1.94. The Morgan fingerprint density at radius 1 is 1.54 bits per heavy atom. The lowest BCUT2D eigenvalue weighted by atomic mass is 10.1. The first-order valence-electron chi connectivity index (χ1n) is 4.78. The van der Waals surface area contributed by atoms with Gasteiger partial charge in [0.15, 0.2) is 0 Å². The van der Waals surface area contributed by atoms with Gasteiger partial charge in [-0.25, -0.2) is 4.79 Å². The first-order valence-corrected chi connectivity index (χ1v) is 4.78. The van der Waals surface area contributed by atoms with Gasteiger partial charge in [0.2, 0.25) is 0 Å². The number of hydrogen-bond donors (Lipinski definition) is 0. The molecule has 4 heteroatoms. The molecule has 0 aliphatic carbocycles. The maximum atomic E-state index is 11.6. The van der Waals surface area contributed by atoms with Crippen LogP contribution in [0.25, 0.3) is 0 Å². The summed E-state index contributed by atoms with van der Waals surface area (Å²) in [6.45, 7) is 5.52. The van der Waals surface area contributed by atoms with Gasteiger partial charge in [-0.1, -0.05) is 6.92 Å². The second-order valence-corrected chi connectivity index (χ2v) is 4.13. The molecule has 2 rings (SSSR count). The molecular weight excluding hydrogens is 168 g/mol. The van der Waals surface area contributed by atoms with E-state index in [9.17, 15) is 4.79 Å². The molecule has 2 saturated heterocycles. The van der Waals surface area contributed by atoms with Crippen LogP contribution in [-0.2, 0) is 4.74 Å². The summed E-state index contributed by atoms with van der Waals surface area (Å²) in [4.78, 5) is 15.3. The summed E-state index contributed by atoms with van der Waals surface area (Å²) in [6.07, 6.45) is 0.308. The molecule has 4 nitrogen and oxygen atoms in total. The van der Waals surface area contributed by atoms with Crippen LogP contribution in [-0.4, -0.2) is 55.2 Å². The van der Waals surface area contributed by atoms with Gasteiger partial charge in [0.1, 0.15) is 0 Å². The van der Waals surface area contributed by atoms with E-state index in [1.165, 1.54) is 0 Å². The molecule has 0 radical (unpaired) electrons. The zero-order chi connectivity index (χ0) is 9.42. The molecule has 0 spiro atoms. The van der Waals surface area contributed by atoms with Crippen molar-refractivity contribution < 1.29 is 9.53 Å². The Bertz CT molecular complexity index is 214. The number of carbonyl (C=O) groups excluding carboxylic acids is 1. The van der Waals surface area contributed by atoms with Crippen LogP contribution in [0.3, 0.4) is 0 Å².